The Kier molecular flexibility index (Phi) is 8.70. The molecule has 0 aromatic heterocycles. The molecule has 0 aromatic rings. The second-order valence-electron chi connectivity index (χ2n) is 3.65. The van der Waals surface area contributed by atoms with Crippen LogP contribution in [0.5, 0.6) is 0 Å². The molecule has 0 heterocycles. The van der Waals surface area contributed by atoms with Gasteiger partial charge in [-0.3, -0.25) is 4.55 Å². The van der Waals surface area contributed by atoms with E-state index in [-0.39, 0.29) is 18.2 Å². The number of rotatable bonds is 7. The summed E-state index contributed by atoms with van der Waals surface area (Å²) in [6.07, 6.45) is 0.536. The van der Waals surface area contributed by atoms with Gasteiger partial charge in [0.25, 0.3) is 10.1 Å². The maximum absolute atomic E-state index is 10.5. The molecule has 15 heavy (non-hydrogen) atoms. The van der Waals surface area contributed by atoms with Gasteiger partial charge in [-0.2, -0.15) is 8.42 Å². The normalized spacial score (nSPS) is 12.3. The summed E-state index contributed by atoms with van der Waals surface area (Å²) in [6, 6.07) is 0. The van der Waals surface area contributed by atoms with Crippen molar-refractivity contribution in [1.82, 2.24) is 0 Å². The zero-order chi connectivity index (χ0) is 11.2. The zero-order valence-electron chi connectivity index (χ0n) is 9.74. The van der Waals surface area contributed by atoms with Gasteiger partial charge < -0.3 is 16.9 Å². The highest BCUT2D eigenvalue weighted by atomic mass is 35.5. The van der Waals surface area contributed by atoms with Crippen molar-refractivity contribution in [3.8, 4) is 0 Å². The van der Waals surface area contributed by atoms with Gasteiger partial charge >= 0.3 is 0 Å². The van der Waals surface area contributed by atoms with E-state index in [9.17, 15) is 8.42 Å². The Balaban J connectivity index is 0. The lowest BCUT2D eigenvalue weighted by Crippen LogP contribution is -3.00. The topological polar surface area (TPSA) is 54.4 Å². The summed E-state index contributed by atoms with van der Waals surface area (Å²) < 4.78 is 30.6. The van der Waals surface area contributed by atoms with Crippen molar-refractivity contribution in [2.24, 2.45) is 0 Å². The number of quaternary nitrogens is 1. The first-order valence-electron chi connectivity index (χ1n) is 5.19. The minimum atomic E-state index is -3.78. The summed E-state index contributed by atoms with van der Waals surface area (Å²) >= 11 is 0. The summed E-state index contributed by atoms with van der Waals surface area (Å²) in [6.45, 7) is 10.2. The lowest BCUT2D eigenvalue weighted by Gasteiger charge is -2.35. The Bertz CT molecular complexity index is 242. The fourth-order valence-corrected chi connectivity index (χ4v) is 2.22. The molecule has 94 valence electrons. The second kappa shape index (κ2) is 7.44. The maximum atomic E-state index is 10.5. The van der Waals surface area contributed by atoms with Crippen LogP contribution in [0.2, 0.25) is 0 Å². The van der Waals surface area contributed by atoms with Gasteiger partial charge in [-0.15, -0.1) is 0 Å². The lowest BCUT2D eigenvalue weighted by atomic mass is 10.3. The molecule has 0 aliphatic rings. The first-order valence-corrected chi connectivity index (χ1v) is 6.80. The largest absolute Gasteiger partial charge is 1.00 e. The Hall–Kier alpha value is 0.160. The minimum Gasteiger partial charge on any atom is -1.00 e. The van der Waals surface area contributed by atoms with Crippen LogP contribution >= 0.6 is 0 Å². The van der Waals surface area contributed by atoms with E-state index in [0.29, 0.717) is 6.42 Å². The Labute approximate surface area is 99.4 Å². The molecule has 0 atom stereocenters. The third-order valence-corrected chi connectivity index (χ3v) is 3.85. The Morgan fingerprint density at radius 1 is 1.07 bits per heavy atom. The maximum Gasteiger partial charge on any atom is 0.265 e. The second-order valence-corrected chi connectivity index (χ2v) is 5.23. The molecular formula is C9H22ClNO3S. The fraction of sp³-hybridized carbons (Fsp3) is 1.00. The van der Waals surface area contributed by atoms with Crippen LogP contribution < -0.4 is 12.4 Å². The van der Waals surface area contributed by atoms with Crippen molar-refractivity contribution in [2.75, 3.05) is 31.9 Å². The van der Waals surface area contributed by atoms with E-state index in [2.05, 4.69) is 20.8 Å². The predicted molar refractivity (Wildman–Crippen MR) is 57.8 cm³/mol. The van der Waals surface area contributed by atoms with Crippen molar-refractivity contribution < 1.29 is 29.9 Å². The summed E-state index contributed by atoms with van der Waals surface area (Å²) in [5.41, 5.74) is 0. The van der Waals surface area contributed by atoms with E-state index >= 15 is 0 Å². The van der Waals surface area contributed by atoms with Gasteiger partial charge in [0.2, 0.25) is 0 Å². The molecule has 0 amide bonds. The van der Waals surface area contributed by atoms with Crippen LogP contribution in [0.1, 0.15) is 27.2 Å². The van der Waals surface area contributed by atoms with Gasteiger partial charge in [-0.05, 0) is 20.8 Å². The average molecular weight is 260 g/mol. The van der Waals surface area contributed by atoms with Gasteiger partial charge in [0, 0.05) is 6.42 Å². The van der Waals surface area contributed by atoms with E-state index < -0.39 is 10.1 Å². The molecule has 4 nitrogen and oxygen atoms in total. The molecule has 0 aliphatic heterocycles. The summed E-state index contributed by atoms with van der Waals surface area (Å²) in [7, 11) is -3.78. The minimum absolute atomic E-state index is 0. The third-order valence-electron chi connectivity index (χ3n) is 3.05. The van der Waals surface area contributed by atoms with Crippen LogP contribution in [0, 0.1) is 0 Å². The van der Waals surface area contributed by atoms with Crippen LogP contribution in [-0.2, 0) is 10.1 Å². The third kappa shape index (κ3) is 7.11. The Morgan fingerprint density at radius 3 is 1.73 bits per heavy atom. The molecule has 0 saturated heterocycles. The molecule has 0 aliphatic carbocycles. The first kappa shape index (κ1) is 17.6. The van der Waals surface area contributed by atoms with E-state index in [1.54, 1.807) is 0 Å². The molecule has 0 fully saturated rings. The van der Waals surface area contributed by atoms with Crippen molar-refractivity contribution >= 4 is 10.1 Å². The van der Waals surface area contributed by atoms with Crippen LogP contribution in [0.4, 0.5) is 0 Å². The molecule has 0 radical (unpaired) electrons. The molecule has 1 N–H and O–H groups in total. The van der Waals surface area contributed by atoms with E-state index in [1.165, 1.54) is 0 Å². The highest BCUT2D eigenvalue weighted by Gasteiger charge is 2.20. The molecule has 0 aromatic carbocycles. The predicted octanol–water partition coefficient (Wildman–Crippen LogP) is -1.86. The van der Waals surface area contributed by atoms with E-state index in [1.807, 2.05) is 0 Å². The van der Waals surface area contributed by atoms with Crippen molar-refractivity contribution in [3.05, 3.63) is 0 Å². The number of hydrogen-bond donors (Lipinski definition) is 1. The first-order chi connectivity index (χ1) is 6.39. The highest BCUT2D eigenvalue weighted by molar-refractivity contribution is 7.85. The van der Waals surface area contributed by atoms with Crippen molar-refractivity contribution in [2.45, 2.75) is 27.2 Å². The zero-order valence-corrected chi connectivity index (χ0v) is 11.3. The SMILES string of the molecule is CC[N+](CC)(CC)CCCS(=O)(=O)O.[Cl-]. The van der Waals surface area contributed by atoms with E-state index in [0.717, 1.165) is 30.7 Å². The van der Waals surface area contributed by atoms with Gasteiger partial charge in [0.05, 0.1) is 31.9 Å². The van der Waals surface area contributed by atoms with Crippen molar-refractivity contribution in [3.63, 3.8) is 0 Å². The number of halogens is 1. The Morgan fingerprint density at radius 2 is 1.47 bits per heavy atom. The molecule has 0 bridgehead atoms. The van der Waals surface area contributed by atoms with Crippen molar-refractivity contribution in [1.29, 1.82) is 0 Å². The van der Waals surface area contributed by atoms with Gasteiger partial charge in [0.1, 0.15) is 0 Å². The molecule has 0 spiro atoms. The molecule has 0 saturated carbocycles. The van der Waals surface area contributed by atoms with Gasteiger partial charge in [0.15, 0.2) is 0 Å². The molecule has 0 rings (SSSR count). The van der Waals surface area contributed by atoms with Crippen LogP contribution in [0.3, 0.4) is 0 Å². The highest BCUT2D eigenvalue weighted by Crippen LogP contribution is 2.07. The summed E-state index contributed by atoms with van der Waals surface area (Å²) in [5, 5.41) is 0. The van der Waals surface area contributed by atoms with Gasteiger partial charge in [-0.1, -0.05) is 0 Å². The van der Waals surface area contributed by atoms with Crippen LogP contribution in [-0.4, -0.2) is 49.4 Å². The molecular weight excluding hydrogens is 238 g/mol. The van der Waals surface area contributed by atoms with Crippen LogP contribution in [0.15, 0.2) is 0 Å². The van der Waals surface area contributed by atoms with Gasteiger partial charge in [-0.25, -0.2) is 0 Å². The standard InChI is InChI=1S/C9H21NO3S.ClH/c1-4-10(5-2,6-3)8-7-9-14(11,12)13;/h4-9H2,1-3H3;1H. The lowest BCUT2D eigenvalue weighted by molar-refractivity contribution is -0.923. The quantitative estimate of drug-likeness (QED) is 0.431. The molecule has 0 unspecified atom stereocenters. The smallest absolute Gasteiger partial charge is 0.265 e. The number of hydrogen-bond acceptors (Lipinski definition) is 2. The fourth-order valence-electron chi connectivity index (χ4n) is 1.73. The summed E-state index contributed by atoms with van der Waals surface area (Å²) in [5.74, 6) is -0.118. The number of nitrogens with zero attached hydrogens (tertiary/aromatic N) is 1. The summed E-state index contributed by atoms with van der Waals surface area (Å²) in [4.78, 5) is 0. The molecule has 6 heteroatoms. The van der Waals surface area contributed by atoms with E-state index in [4.69, 9.17) is 4.55 Å². The van der Waals surface area contributed by atoms with Crippen LogP contribution in [0.25, 0.3) is 0 Å². The average Bonchev–Trinajstić information content (AvgIpc) is 2.11. The monoisotopic (exact) mass is 259 g/mol.